The smallest absolute Gasteiger partial charge is 0.165 e. The van der Waals surface area contributed by atoms with Crippen LogP contribution in [0.25, 0.3) is 0 Å². The first-order valence-electron chi connectivity index (χ1n) is 9.47. The van der Waals surface area contributed by atoms with Gasteiger partial charge in [0.25, 0.3) is 0 Å². The van der Waals surface area contributed by atoms with Gasteiger partial charge in [-0.3, -0.25) is 9.80 Å². The molecule has 2 aromatic carbocycles. The predicted octanol–water partition coefficient (Wildman–Crippen LogP) is 3.04. The van der Waals surface area contributed by atoms with Crippen LogP contribution in [-0.2, 0) is 19.4 Å². The van der Waals surface area contributed by atoms with E-state index in [-0.39, 0.29) is 0 Å². The maximum atomic E-state index is 5.85. The molecule has 26 heavy (non-hydrogen) atoms. The lowest BCUT2D eigenvalue weighted by molar-refractivity contribution is -0.0280. The van der Waals surface area contributed by atoms with Crippen molar-refractivity contribution in [1.82, 2.24) is 9.80 Å². The molecule has 0 amide bonds. The molecule has 3 aliphatic rings. The van der Waals surface area contributed by atoms with Crippen LogP contribution in [0.15, 0.2) is 36.4 Å². The first kappa shape index (κ1) is 16.2. The zero-order valence-electron chi connectivity index (χ0n) is 15.7. The molecule has 3 atom stereocenters. The number of piperazine rings is 1. The molecule has 136 valence electrons. The van der Waals surface area contributed by atoms with E-state index in [1.165, 1.54) is 22.3 Å². The Labute approximate surface area is 155 Å². The summed E-state index contributed by atoms with van der Waals surface area (Å²) in [4.78, 5) is 5.28. The van der Waals surface area contributed by atoms with Crippen LogP contribution < -0.4 is 9.47 Å². The summed E-state index contributed by atoms with van der Waals surface area (Å²) in [5, 5.41) is 0. The third kappa shape index (κ3) is 2.22. The van der Waals surface area contributed by atoms with Crippen LogP contribution in [0.4, 0.5) is 0 Å². The number of rotatable bonds is 2. The van der Waals surface area contributed by atoms with Crippen molar-refractivity contribution in [2.75, 3.05) is 27.8 Å². The van der Waals surface area contributed by atoms with Crippen molar-refractivity contribution in [3.8, 4) is 11.5 Å². The Bertz CT molecular complexity index is 850. The Morgan fingerprint density at radius 3 is 2.50 bits per heavy atom. The standard InChI is InChI=1S/C22H26N2O2/c1-23-17-10-15-8-9-19(25-2)22(26-3)20(15)21(23)18-11-14-6-4-5-7-16(14)12-24(18)13-17/h4-9,17-18,21H,10-13H2,1-3H3/t17-,18+,21-/m0/s1. The lowest BCUT2D eigenvalue weighted by Gasteiger charge is -2.55. The highest BCUT2D eigenvalue weighted by molar-refractivity contribution is 5.55. The van der Waals surface area contributed by atoms with E-state index in [1.807, 2.05) is 0 Å². The van der Waals surface area contributed by atoms with Gasteiger partial charge in [0.15, 0.2) is 11.5 Å². The summed E-state index contributed by atoms with van der Waals surface area (Å²) in [5.74, 6) is 1.76. The number of benzene rings is 2. The molecule has 0 aliphatic carbocycles. The van der Waals surface area contributed by atoms with Gasteiger partial charge in [-0.05, 0) is 42.6 Å². The number of fused-ring (bicyclic) bond motifs is 7. The molecule has 3 aliphatic heterocycles. The third-order valence-corrected chi connectivity index (χ3v) is 6.64. The number of nitrogens with zero attached hydrogens (tertiary/aromatic N) is 2. The van der Waals surface area contributed by atoms with E-state index in [0.717, 1.165) is 37.4 Å². The summed E-state index contributed by atoms with van der Waals surface area (Å²) in [6.07, 6.45) is 2.17. The first-order valence-corrected chi connectivity index (χ1v) is 9.47. The summed E-state index contributed by atoms with van der Waals surface area (Å²) < 4.78 is 11.5. The van der Waals surface area contributed by atoms with Crippen molar-refractivity contribution < 1.29 is 9.47 Å². The van der Waals surface area contributed by atoms with Crippen LogP contribution in [0.1, 0.15) is 28.3 Å². The van der Waals surface area contributed by atoms with Crippen molar-refractivity contribution >= 4 is 0 Å². The van der Waals surface area contributed by atoms with Crippen molar-refractivity contribution in [3.05, 3.63) is 58.7 Å². The van der Waals surface area contributed by atoms with E-state index in [9.17, 15) is 0 Å². The summed E-state index contributed by atoms with van der Waals surface area (Å²) in [7, 11) is 5.78. The number of hydrogen-bond donors (Lipinski definition) is 0. The molecule has 0 aromatic heterocycles. The molecule has 0 radical (unpaired) electrons. The van der Waals surface area contributed by atoms with Crippen molar-refractivity contribution in [2.45, 2.75) is 37.5 Å². The van der Waals surface area contributed by atoms with E-state index in [2.05, 4.69) is 53.2 Å². The predicted molar refractivity (Wildman–Crippen MR) is 102 cm³/mol. The van der Waals surface area contributed by atoms with Crippen molar-refractivity contribution in [2.24, 2.45) is 0 Å². The average molecular weight is 350 g/mol. The maximum Gasteiger partial charge on any atom is 0.165 e. The molecule has 2 bridgehead atoms. The fraction of sp³-hybridized carbons (Fsp3) is 0.455. The largest absolute Gasteiger partial charge is 0.493 e. The van der Waals surface area contributed by atoms with Crippen LogP contribution >= 0.6 is 0 Å². The van der Waals surface area contributed by atoms with Gasteiger partial charge in [0.1, 0.15) is 0 Å². The van der Waals surface area contributed by atoms with E-state index in [1.54, 1.807) is 14.2 Å². The van der Waals surface area contributed by atoms with E-state index in [4.69, 9.17) is 9.47 Å². The van der Waals surface area contributed by atoms with Crippen molar-refractivity contribution in [3.63, 3.8) is 0 Å². The SMILES string of the molecule is COc1ccc2c(c1OC)[C@@H]1[C@H]3Cc4ccccc4CN3C[C@H](C2)N1C. The van der Waals surface area contributed by atoms with Gasteiger partial charge in [-0.2, -0.15) is 0 Å². The minimum Gasteiger partial charge on any atom is -0.493 e. The summed E-state index contributed by atoms with van der Waals surface area (Å²) in [6.45, 7) is 2.20. The van der Waals surface area contributed by atoms with Gasteiger partial charge in [-0.25, -0.2) is 0 Å². The van der Waals surface area contributed by atoms with Gasteiger partial charge in [0.05, 0.1) is 20.3 Å². The molecule has 3 heterocycles. The minimum atomic E-state index is 0.343. The van der Waals surface area contributed by atoms with Crippen LogP contribution in [0.2, 0.25) is 0 Å². The van der Waals surface area contributed by atoms with Gasteiger partial charge < -0.3 is 9.47 Å². The zero-order chi connectivity index (χ0) is 17.8. The average Bonchev–Trinajstić information content (AvgIpc) is 2.66. The molecule has 0 spiro atoms. The summed E-state index contributed by atoms with van der Waals surface area (Å²) in [6, 6.07) is 14.6. The molecular weight excluding hydrogens is 324 g/mol. The zero-order valence-corrected chi connectivity index (χ0v) is 15.7. The third-order valence-electron chi connectivity index (χ3n) is 6.64. The Morgan fingerprint density at radius 1 is 0.923 bits per heavy atom. The van der Waals surface area contributed by atoms with Gasteiger partial charge in [-0.1, -0.05) is 30.3 Å². The van der Waals surface area contributed by atoms with Crippen LogP contribution in [0, 0.1) is 0 Å². The second-order valence-electron chi connectivity index (χ2n) is 7.81. The van der Waals surface area contributed by atoms with Gasteiger partial charge in [0, 0.05) is 30.7 Å². The summed E-state index contributed by atoms with van der Waals surface area (Å²) in [5.41, 5.74) is 5.74. The Balaban J connectivity index is 1.65. The minimum absolute atomic E-state index is 0.343. The molecule has 4 heteroatoms. The number of methoxy groups -OCH3 is 2. The highest BCUT2D eigenvalue weighted by Gasteiger charge is 2.47. The second kappa shape index (κ2) is 6.00. The summed E-state index contributed by atoms with van der Waals surface area (Å²) >= 11 is 0. The quantitative estimate of drug-likeness (QED) is 0.831. The molecule has 1 fully saturated rings. The van der Waals surface area contributed by atoms with E-state index >= 15 is 0 Å². The number of ether oxygens (including phenoxy) is 2. The lowest BCUT2D eigenvalue weighted by Crippen LogP contribution is -2.62. The lowest BCUT2D eigenvalue weighted by atomic mass is 9.77. The molecule has 2 aromatic rings. The normalized spacial score (nSPS) is 27.3. The number of hydrogen-bond acceptors (Lipinski definition) is 4. The molecule has 0 unspecified atom stereocenters. The molecule has 1 saturated heterocycles. The van der Waals surface area contributed by atoms with Crippen LogP contribution in [0.3, 0.4) is 0 Å². The highest BCUT2D eigenvalue weighted by atomic mass is 16.5. The second-order valence-corrected chi connectivity index (χ2v) is 7.81. The molecule has 4 nitrogen and oxygen atoms in total. The maximum absolute atomic E-state index is 5.85. The molecule has 0 saturated carbocycles. The van der Waals surface area contributed by atoms with Crippen molar-refractivity contribution in [1.29, 1.82) is 0 Å². The highest BCUT2D eigenvalue weighted by Crippen LogP contribution is 2.49. The fourth-order valence-corrected chi connectivity index (χ4v) is 5.36. The monoisotopic (exact) mass is 350 g/mol. The Kier molecular flexibility index (Phi) is 3.73. The van der Waals surface area contributed by atoms with Gasteiger partial charge >= 0.3 is 0 Å². The molecule has 0 N–H and O–H groups in total. The first-order chi connectivity index (χ1) is 12.7. The van der Waals surface area contributed by atoms with Crippen LogP contribution in [-0.4, -0.2) is 49.7 Å². The van der Waals surface area contributed by atoms with E-state index in [0.29, 0.717) is 18.1 Å². The van der Waals surface area contributed by atoms with Gasteiger partial charge in [-0.15, -0.1) is 0 Å². The number of likely N-dealkylation sites (N-methyl/N-ethyl adjacent to an activating group) is 1. The topological polar surface area (TPSA) is 24.9 Å². The fourth-order valence-electron chi connectivity index (χ4n) is 5.36. The molecule has 5 rings (SSSR count). The van der Waals surface area contributed by atoms with E-state index < -0.39 is 0 Å². The Morgan fingerprint density at radius 2 is 1.73 bits per heavy atom. The van der Waals surface area contributed by atoms with Crippen LogP contribution in [0.5, 0.6) is 11.5 Å². The molecular formula is C22H26N2O2. The van der Waals surface area contributed by atoms with Gasteiger partial charge in [0.2, 0.25) is 0 Å². The Hall–Kier alpha value is -2.04.